The highest BCUT2D eigenvalue weighted by Crippen LogP contribution is 2.46. The summed E-state index contributed by atoms with van der Waals surface area (Å²) in [6.45, 7) is 9.26. The van der Waals surface area contributed by atoms with Crippen molar-refractivity contribution in [2.24, 2.45) is 10.2 Å². The SMILES string of the molecule is CC(=O)NC1=NN(C(C)=O)[C@](C)(c2ccc(OC(=O)c3ccccc3)cc2)S1.CC(=O)NC1=NN(C(C)=O)[C@](C)(c2ccc(OC(=O)c3ccccc3)cc2)S1. The Morgan fingerprint density at radius 2 is 0.839 bits per heavy atom. The molecule has 4 aromatic carbocycles. The molecule has 0 spiro atoms. The average molecular weight is 795 g/mol. The first-order valence-electron chi connectivity index (χ1n) is 17.1. The highest BCUT2D eigenvalue weighted by Gasteiger charge is 2.45. The number of carbonyl (C=O) groups excluding carboxylic acids is 6. The number of benzene rings is 4. The van der Waals surface area contributed by atoms with Crippen molar-refractivity contribution in [3.8, 4) is 11.5 Å². The fourth-order valence-corrected chi connectivity index (χ4v) is 7.93. The van der Waals surface area contributed by atoms with E-state index < -0.39 is 21.7 Å². The number of nitrogens with one attached hydrogen (secondary N) is 2. The molecular formula is C40H38N6O8S2. The number of hydrogen-bond donors (Lipinski definition) is 2. The summed E-state index contributed by atoms with van der Waals surface area (Å²) in [5, 5.41) is 17.0. The van der Waals surface area contributed by atoms with E-state index in [-0.39, 0.29) is 23.6 Å². The third-order valence-corrected chi connectivity index (χ3v) is 10.5. The van der Waals surface area contributed by atoms with E-state index in [0.29, 0.717) is 33.0 Å². The number of nitrogens with zero attached hydrogens (tertiary/aromatic N) is 4. The van der Waals surface area contributed by atoms with Gasteiger partial charge in [-0.3, -0.25) is 19.2 Å². The van der Waals surface area contributed by atoms with E-state index in [1.54, 1.807) is 97.1 Å². The Kier molecular flexibility index (Phi) is 12.8. The second-order valence-electron chi connectivity index (χ2n) is 12.6. The van der Waals surface area contributed by atoms with Crippen LogP contribution in [0.4, 0.5) is 0 Å². The molecule has 2 N–H and O–H groups in total. The maximum Gasteiger partial charge on any atom is 0.343 e. The summed E-state index contributed by atoms with van der Waals surface area (Å²) in [6.07, 6.45) is 0. The minimum Gasteiger partial charge on any atom is -0.423 e. The van der Waals surface area contributed by atoms with Crippen molar-refractivity contribution in [2.75, 3.05) is 0 Å². The van der Waals surface area contributed by atoms with Gasteiger partial charge in [-0.25, -0.2) is 19.6 Å². The topological polar surface area (TPSA) is 176 Å². The van der Waals surface area contributed by atoms with Crippen LogP contribution in [0.3, 0.4) is 0 Å². The lowest BCUT2D eigenvalue weighted by atomic mass is 10.1. The highest BCUT2D eigenvalue weighted by molar-refractivity contribution is 8.15. The monoisotopic (exact) mass is 794 g/mol. The standard InChI is InChI=1S/2C20H19N3O4S/c2*1-13(24)21-19-22-23(14(2)25)20(3,28-19)16-9-11-17(12-10-16)27-18(26)15-7-5-4-6-8-15/h2*4-12H,1-3H3,(H,21,22,24)/t2*20-/m00/s1. The van der Waals surface area contributed by atoms with Crippen molar-refractivity contribution in [3.63, 3.8) is 0 Å². The molecule has 0 unspecified atom stereocenters. The van der Waals surface area contributed by atoms with Crippen LogP contribution in [0.1, 0.15) is 73.4 Å². The Labute approximate surface area is 331 Å². The summed E-state index contributed by atoms with van der Waals surface area (Å²) < 4.78 is 10.8. The Balaban J connectivity index is 0.000000214. The van der Waals surface area contributed by atoms with Crippen molar-refractivity contribution in [3.05, 3.63) is 131 Å². The molecule has 0 aliphatic carbocycles. The van der Waals surface area contributed by atoms with E-state index in [1.165, 1.54) is 61.2 Å². The van der Waals surface area contributed by atoms with Gasteiger partial charge in [-0.2, -0.15) is 0 Å². The van der Waals surface area contributed by atoms with Gasteiger partial charge in [0, 0.05) is 27.7 Å². The summed E-state index contributed by atoms with van der Waals surface area (Å²) in [7, 11) is 0. The van der Waals surface area contributed by atoms with E-state index >= 15 is 0 Å². The molecule has 4 amide bonds. The molecule has 2 atom stereocenters. The third-order valence-electron chi connectivity index (χ3n) is 8.16. The van der Waals surface area contributed by atoms with Gasteiger partial charge in [0.15, 0.2) is 10.3 Å². The fraction of sp³-hybridized carbons (Fsp3) is 0.200. The predicted octanol–water partition coefficient (Wildman–Crippen LogP) is 6.16. The number of hydrogen-bond acceptors (Lipinski definition) is 12. The first-order chi connectivity index (χ1) is 26.6. The molecule has 6 rings (SSSR count). The summed E-state index contributed by atoms with van der Waals surface area (Å²) >= 11 is 2.53. The fourth-order valence-electron chi connectivity index (χ4n) is 5.53. The normalized spacial score (nSPS) is 18.4. The average Bonchev–Trinajstić information content (AvgIpc) is 3.69. The van der Waals surface area contributed by atoms with Crippen molar-refractivity contribution >= 4 is 69.4 Å². The summed E-state index contributed by atoms with van der Waals surface area (Å²) in [5.74, 6) is -1.15. The first-order valence-corrected chi connectivity index (χ1v) is 18.7. The molecule has 0 saturated carbocycles. The number of hydrazone groups is 2. The Morgan fingerprint density at radius 3 is 1.12 bits per heavy atom. The van der Waals surface area contributed by atoms with Crippen LogP contribution in [0.15, 0.2) is 119 Å². The molecule has 4 aromatic rings. The Hall–Kier alpha value is -6.26. The molecular weight excluding hydrogens is 757 g/mol. The van der Waals surface area contributed by atoms with E-state index in [1.807, 2.05) is 26.0 Å². The maximum absolute atomic E-state index is 12.2. The zero-order chi connectivity index (χ0) is 40.6. The lowest BCUT2D eigenvalue weighted by Gasteiger charge is -2.31. The van der Waals surface area contributed by atoms with Gasteiger partial charge in [0.2, 0.25) is 23.6 Å². The molecule has 56 heavy (non-hydrogen) atoms. The molecule has 288 valence electrons. The molecule has 2 aliphatic rings. The summed E-state index contributed by atoms with van der Waals surface area (Å²) in [4.78, 5) is 69.5. The summed E-state index contributed by atoms with van der Waals surface area (Å²) in [6, 6.07) is 31.1. The van der Waals surface area contributed by atoms with Gasteiger partial charge in [0.05, 0.1) is 11.1 Å². The quantitative estimate of drug-likeness (QED) is 0.170. The molecule has 0 radical (unpaired) electrons. The molecule has 2 heterocycles. The van der Waals surface area contributed by atoms with Crippen LogP contribution in [0.2, 0.25) is 0 Å². The third kappa shape index (κ3) is 9.69. The van der Waals surface area contributed by atoms with Gasteiger partial charge in [0.1, 0.15) is 21.2 Å². The van der Waals surface area contributed by atoms with E-state index in [2.05, 4.69) is 20.8 Å². The van der Waals surface area contributed by atoms with Crippen LogP contribution in [0, 0.1) is 0 Å². The smallest absolute Gasteiger partial charge is 0.343 e. The second kappa shape index (κ2) is 17.5. The molecule has 2 aliphatic heterocycles. The van der Waals surface area contributed by atoms with Gasteiger partial charge in [0.25, 0.3) is 0 Å². The van der Waals surface area contributed by atoms with Gasteiger partial charge < -0.3 is 20.1 Å². The minimum absolute atomic E-state index is 0.255. The summed E-state index contributed by atoms with van der Waals surface area (Å²) in [5.41, 5.74) is 2.47. The minimum atomic E-state index is -0.828. The Morgan fingerprint density at radius 1 is 0.518 bits per heavy atom. The van der Waals surface area contributed by atoms with E-state index in [0.717, 1.165) is 11.1 Å². The van der Waals surface area contributed by atoms with Crippen LogP contribution < -0.4 is 20.1 Å². The number of rotatable bonds is 6. The maximum atomic E-state index is 12.2. The van der Waals surface area contributed by atoms with Crippen LogP contribution in [-0.2, 0) is 28.9 Å². The van der Waals surface area contributed by atoms with Gasteiger partial charge in [-0.1, -0.05) is 84.2 Å². The molecule has 16 heteroatoms. The number of amidine groups is 2. The van der Waals surface area contributed by atoms with Gasteiger partial charge >= 0.3 is 11.9 Å². The van der Waals surface area contributed by atoms with Gasteiger partial charge in [-0.05, 0) is 73.5 Å². The second-order valence-corrected chi connectivity index (χ2v) is 15.3. The number of esters is 2. The lowest BCUT2D eigenvalue weighted by Crippen LogP contribution is -2.37. The van der Waals surface area contributed by atoms with Crippen LogP contribution in [0.5, 0.6) is 11.5 Å². The number of amides is 4. The van der Waals surface area contributed by atoms with Crippen LogP contribution in [0.25, 0.3) is 0 Å². The van der Waals surface area contributed by atoms with Crippen LogP contribution in [-0.4, -0.2) is 55.9 Å². The molecule has 14 nitrogen and oxygen atoms in total. The number of carbonyl (C=O) groups is 6. The Bertz CT molecular complexity index is 2040. The largest absolute Gasteiger partial charge is 0.423 e. The predicted molar refractivity (Wildman–Crippen MR) is 213 cm³/mol. The number of thioether (sulfide) groups is 2. The van der Waals surface area contributed by atoms with Gasteiger partial charge in [-0.15, -0.1) is 10.2 Å². The highest BCUT2D eigenvalue weighted by atomic mass is 32.2. The first kappa shape index (κ1) is 40.9. The van der Waals surface area contributed by atoms with Crippen molar-refractivity contribution < 1.29 is 38.2 Å². The lowest BCUT2D eigenvalue weighted by molar-refractivity contribution is -0.132. The molecule has 0 aromatic heterocycles. The number of ether oxygens (including phenoxy) is 2. The van der Waals surface area contributed by atoms with E-state index in [9.17, 15) is 28.8 Å². The van der Waals surface area contributed by atoms with Crippen molar-refractivity contribution in [2.45, 2.75) is 51.3 Å². The molecule has 0 bridgehead atoms. The zero-order valence-electron chi connectivity index (χ0n) is 31.3. The van der Waals surface area contributed by atoms with Crippen LogP contribution >= 0.6 is 23.5 Å². The molecule has 0 fully saturated rings. The molecule has 0 saturated heterocycles. The van der Waals surface area contributed by atoms with Crippen molar-refractivity contribution in [1.29, 1.82) is 0 Å². The van der Waals surface area contributed by atoms with Crippen molar-refractivity contribution in [1.82, 2.24) is 20.7 Å². The van der Waals surface area contributed by atoms with E-state index in [4.69, 9.17) is 9.47 Å². The zero-order valence-corrected chi connectivity index (χ0v) is 32.9.